The average molecular weight is 659 g/mol. The maximum Gasteiger partial charge on any atom is 0.273 e. The molecule has 2 fully saturated rings. The zero-order valence-electron chi connectivity index (χ0n) is 18.5. The number of allylic oxidation sites excluding steroid dienone is 2. The maximum absolute atomic E-state index is 13.9. The minimum Gasteiger partial charge on any atom is -0.272 e. The highest BCUT2D eigenvalue weighted by atomic mass is 35.5. The number of fused-ring (bicyclic) bond motifs is 5. The molecule has 3 aliphatic rings. The molecule has 1 saturated heterocycles. The number of carbonyl (C=O) groups is 3. The van der Waals surface area contributed by atoms with Crippen LogP contribution in [0.3, 0.4) is 0 Å². The third kappa shape index (κ3) is 3.48. The number of nitro groups is 1. The molecule has 1 saturated carbocycles. The van der Waals surface area contributed by atoms with E-state index in [0.717, 1.165) is 17.1 Å². The predicted octanol–water partition coefficient (Wildman–Crippen LogP) is 6.25. The second kappa shape index (κ2) is 9.13. The highest BCUT2D eigenvalue weighted by Crippen LogP contribution is 2.77. The van der Waals surface area contributed by atoms with Gasteiger partial charge in [0, 0.05) is 22.7 Å². The van der Waals surface area contributed by atoms with Crippen LogP contribution in [-0.4, -0.2) is 46.7 Å². The Kier molecular flexibility index (Phi) is 6.67. The summed E-state index contributed by atoms with van der Waals surface area (Å²) >= 11 is 45.3. The number of carbonyl (C=O) groups excluding carboxylic acids is 3. The van der Waals surface area contributed by atoms with Crippen LogP contribution in [0.2, 0.25) is 5.02 Å². The Morgan fingerprint density at radius 2 is 1.34 bits per heavy atom. The molecule has 0 N–H and O–H groups in total. The number of nitro benzene ring substituents is 1. The minimum atomic E-state index is -2.13. The van der Waals surface area contributed by atoms with Gasteiger partial charge in [-0.1, -0.05) is 70.1 Å². The molecule has 1 aliphatic heterocycles. The molecule has 15 heteroatoms. The SMILES string of the molecule is O=C(c1ccc([N+](=O)[O-])cc1)N(Cc1ccc(Cl)cc1)N1C(=O)[C@@H]2[C@H](C1=O)[C@@]1(Cl)C(Cl)=C(Cl)[C@@]2(Cl)C1(Cl)Cl. The van der Waals surface area contributed by atoms with Crippen LogP contribution in [-0.2, 0) is 16.1 Å². The van der Waals surface area contributed by atoms with Gasteiger partial charge >= 0.3 is 0 Å². The highest BCUT2D eigenvalue weighted by Gasteiger charge is 2.88. The van der Waals surface area contributed by atoms with Gasteiger partial charge in [-0.2, -0.15) is 5.01 Å². The maximum atomic E-state index is 13.9. The molecule has 3 amide bonds. The van der Waals surface area contributed by atoms with Gasteiger partial charge in [0.25, 0.3) is 23.4 Å². The van der Waals surface area contributed by atoms with Gasteiger partial charge in [-0.3, -0.25) is 24.5 Å². The van der Waals surface area contributed by atoms with E-state index in [1.807, 2.05) is 0 Å². The second-order valence-corrected chi connectivity index (χ2v) is 12.6. The number of amides is 3. The van der Waals surface area contributed by atoms with Crippen molar-refractivity contribution in [2.75, 3.05) is 0 Å². The summed E-state index contributed by atoms with van der Waals surface area (Å²) in [5.74, 6) is -5.55. The fourth-order valence-electron chi connectivity index (χ4n) is 5.09. The number of nitrogens with zero attached hydrogens (tertiary/aromatic N) is 3. The first-order chi connectivity index (χ1) is 17.7. The monoisotopic (exact) mass is 655 g/mol. The average Bonchev–Trinajstić information content (AvgIpc) is 3.26. The van der Waals surface area contributed by atoms with Gasteiger partial charge < -0.3 is 0 Å². The van der Waals surface area contributed by atoms with Crippen LogP contribution in [0.1, 0.15) is 15.9 Å². The summed E-state index contributed by atoms with van der Waals surface area (Å²) in [6.07, 6.45) is 0. The van der Waals surface area contributed by atoms with Gasteiger partial charge in [-0.15, -0.1) is 23.2 Å². The highest BCUT2D eigenvalue weighted by molar-refractivity contribution is 6.66. The van der Waals surface area contributed by atoms with Crippen molar-refractivity contribution in [3.63, 3.8) is 0 Å². The molecule has 0 aromatic heterocycles. The Hall–Kier alpha value is -1.78. The smallest absolute Gasteiger partial charge is 0.272 e. The van der Waals surface area contributed by atoms with Gasteiger partial charge in [-0.25, -0.2) is 5.01 Å². The fourth-order valence-corrected chi connectivity index (χ4v) is 8.14. The summed E-state index contributed by atoms with van der Waals surface area (Å²) in [4.78, 5) is 47.7. The molecule has 2 bridgehead atoms. The Morgan fingerprint density at radius 1 is 0.868 bits per heavy atom. The van der Waals surface area contributed by atoms with Crippen LogP contribution in [0.5, 0.6) is 0 Å². The van der Waals surface area contributed by atoms with Crippen molar-refractivity contribution in [2.45, 2.75) is 20.6 Å². The van der Waals surface area contributed by atoms with Crippen LogP contribution in [0.4, 0.5) is 5.69 Å². The molecular formula is C23H12Cl7N3O5. The van der Waals surface area contributed by atoms with E-state index >= 15 is 0 Å². The zero-order valence-corrected chi connectivity index (χ0v) is 23.8. The quantitative estimate of drug-likeness (QED) is 0.164. The molecule has 8 nitrogen and oxygen atoms in total. The Balaban J connectivity index is 1.60. The van der Waals surface area contributed by atoms with E-state index in [1.54, 1.807) is 24.3 Å². The molecule has 4 atom stereocenters. The molecule has 2 aliphatic carbocycles. The largest absolute Gasteiger partial charge is 0.273 e. The van der Waals surface area contributed by atoms with Crippen molar-refractivity contribution < 1.29 is 19.3 Å². The first-order valence-corrected chi connectivity index (χ1v) is 13.3. The predicted molar refractivity (Wildman–Crippen MR) is 144 cm³/mol. The van der Waals surface area contributed by atoms with E-state index in [-0.39, 0.29) is 27.9 Å². The first kappa shape index (κ1) is 27.8. The Labute approximate surface area is 250 Å². The number of alkyl halides is 4. The van der Waals surface area contributed by atoms with E-state index in [2.05, 4.69) is 0 Å². The zero-order chi connectivity index (χ0) is 27.9. The summed E-state index contributed by atoms with van der Waals surface area (Å²) in [5, 5.41) is 12.5. The van der Waals surface area contributed by atoms with Crippen molar-refractivity contribution in [1.82, 2.24) is 10.0 Å². The molecule has 198 valence electrons. The number of hydrogen-bond acceptors (Lipinski definition) is 5. The number of halogens is 7. The number of benzene rings is 2. The van der Waals surface area contributed by atoms with E-state index in [9.17, 15) is 24.5 Å². The van der Waals surface area contributed by atoms with Gasteiger partial charge in [0.2, 0.25) is 0 Å². The van der Waals surface area contributed by atoms with Crippen LogP contribution < -0.4 is 0 Å². The molecule has 38 heavy (non-hydrogen) atoms. The fraction of sp³-hybridized carbons (Fsp3) is 0.261. The minimum absolute atomic E-state index is 0.0374. The number of rotatable bonds is 5. The third-order valence-corrected chi connectivity index (χ3v) is 11.4. The summed E-state index contributed by atoms with van der Waals surface area (Å²) < 4.78 is -2.13. The molecule has 2 aromatic carbocycles. The van der Waals surface area contributed by atoms with Gasteiger partial charge in [0.15, 0.2) is 4.33 Å². The first-order valence-electron chi connectivity index (χ1n) is 10.7. The summed E-state index contributed by atoms with van der Waals surface area (Å²) in [5.41, 5.74) is 0.212. The van der Waals surface area contributed by atoms with Gasteiger partial charge in [-0.05, 0) is 29.8 Å². The van der Waals surface area contributed by atoms with E-state index < -0.39 is 48.6 Å². The van der Waals surface area contributed by atoms with E-state index in [0.29, 0.717) is 15.6 Å². The normalized spacial score (nSPS) is 29.2. The van der Waals surface area contributed by atoms with Gasteiger partial charge in [0.05, 0.1) is 33.4 Å². The van der Waals surface area contributed by atoms with Crippen molar-refractivity contribution in [3.8, 4) is 0 Å². The molecular weight excluding hydrogens is 646 g/mol. The lowest BCUT2D eigenvalue weighted by Gasteiger charge is -2.37. The van der Waals surface area contributed by atoms with Crippen molar-refractivity contribution in [3.05, 3.63) is 84.9 Å². The molecule has 5 rings (SSSR count). The lowest BCUT2D eigenvalue weighted by atomic mass is 9.84. The van der Waals surface area contributed by atoms with Gasteiger partial charge in [0.1, 0.15) is 9.75 Å². The van der Waals surface area contributed by atoms with E-state index in [1.165, 1.54) is 12.1 Å². The molecule has 1 heterocycles. The lowest BCUT2D eigenvalue weighted by Crippen LogP contribution is -2.55. The van der Waals surface area contributed by atoms with Crippen LogP contribution in [0.25, 0.3) is 0 Å². The van der Waals surface area contributed by atoms with Crippen LogP contribution >= 0.6 is 81.2 Å². The third-order valence-electron chi connectivity index (χ3n) is 6.93. The Bertz CT molecular complexity index is 1400. The molecule has 0 spiro atoms. The number of imide groups is 1. The molecule has 0 radical (unpaired) electrons. The molecule has 0 unspecified atom stereocenters. The van der Waals surface area contributed by atoms with Crippen molar-refractivity contribution >= 4 is 105 Å². The summed E-state index contributed by atoms with van der Waals surface area (Å²) in [6.45, 7) is -0.268. The number of hydrogen-bond donors (Lipinski definition) is 0. The lowest BCUT2D eigenvalue weighted by molar-refractivity contribution is -0.384. The summed E-state index contributed by atoms with van der Waals surface area (Å²) in [7, 11) is 0. The van der Waals surface area contributed by atoms with Crippen LogP contribution in [0.15, 0.2) is 58.6 Å². The standard InChI is InChI=1S/C23H12Cl7N3O5/c24-12-5-1-10(2-6-12)9-31(18(34)11-3-7-13(8-4-11)33(37)38)32-19(35)14-15(20(32)36)22(28)17(26)16(25)21(14,27)23(22,29)30/h1-8,14-15H,9H2/t14-,15+,21-,22-/m1/s1. The number of non-ortho nitro benzene ring substituents is 1. The van der Waals surface area contributed by atoms with Crippen LogP contribution in [0, 0.1) is 22.0 Å². The number of hydrazine groups is 1. The van der Waals surface area contributed by atoms with Crippen molar-refractivity contribution in [2.24, 2.45) is 11.8 Å². The van der Waals surface area contributed by atoms with E-state index in [4.69, 9.17) is 81.2 Å². The topological polar surface area (TPSA) is 101 Å². The summed E-state index contributed by atoms with van der Waals surface area (Å²) in [6, 6.07) is 11.0. The molecule has 2 aromatic rings. The second-order valence-electron chi connectivity index (χ2n) is 8.86. The Morgan fingerprint density at radius 3 is 1.79 bits per heavy atom. The van der Waals surface area contributed by atoms with Crippen molar-refractivity contribution in [1.29, 1.82) is 0 Å².